The fraction of sp³-hybridized carbons (Fsp3) is 0.143. The van der Waals surface area contributed by atoms with Crippen molar-refractivity contribution < 1.29 is 9.21 Å². The van der Waals surface area contributed by atoms with E-state index in [1.54, 1.807) is 12.1 Å². The van der Waals surface area contributed by atoms with Crippen LogP contribution in [0.1, 0.15) is 17.4 Å². The molecule has 0 aliphatic carbocycles. The van der Waals surface area contributed by atoms with Gasteiger partial charge in [-0.1, -0.05) is 30.3 Å². The van der Waals surface area contributed by atoms with Gasteiger partial charge in [-0.05, 0) is 17.7 Å². The van der Waals surface area contributed by atoms with E-state index in [1.807, 2.05) is 36.4 Å². The number of hydrogen-bond donors (Lipinski definition) is 1. The lowest BCUT2D eigenvalue weighted by atomic mass is 10.1. The van der Waals surface area contributed by atoms with Crippen molar-refractivity contribution in [2.24, 2.45) is 0 Å². The van der Waals surface area contributed by atoms with Crippen molar-refractivity contribution in [3.63, 3.8) is 0 Å². The van der Waals surface area contributed by atoms with E-state index in [1.165, 1.54) is 6.26 Å². The van der Waals surface area contributed by atoms with Gasteiger partial charge in [-0.2, -0.15) is 5.26 Å². The van der Waals surface area contributed by atoms with Crippen molar-refractivity contribution in [1.29, 1.82) is 5.26 Å². The second kappa shape index (κ2) is 5.69. The van der Waals surface area contributed by atoms with Crippen LogP contribution in [0.2, 0.25) is 0 Å². The fourth-order valence-electron chi connectivity index (χ4n) is 1.62. The maximum atomic E-state index is 11.8. The maximum Gasteiger partial charge on any atom is 0.225 e. The monoisotopic (exact) mass is 240 g/mol. The van der Waals surface area contributed by atoms with E-state index in [0.717, 1.165) is 5.56 Å². The molecule has 0 saturated heterocycles. The molecular weight excluding hydrogens is 228 g/mol. The zero-order chi connectivity index (χ0) is 12.8. The van der Waals surface area contributed by atoms with Crippen LogP contribution in [0.5, 0.6) is 0 Å². The molecule has 4 heteroatoms. The minimum absolute atomic E-state index is 0.204. The van der Waals surface area contributed by atoms with Gasteiger partial charge in [0.05, 0.1) is 18.8 Å². The quantitative estimate of drug-likeness (QED) is 0.890. The summed E-state index contributed by atoms with van der Waals surface area (Å²) in [6.45, 7) is 0. The van der Waals surface area contributed by atoms with Crippen molar-refractivity contribution >= 4 is 5.91 Å². The van der Waals surface area contributed by atoms with E-state index >= 15 is 0 Å². The van der Waals surface area contributed by atoms with Gasteiger partial charge in [-0.15, -0.1) is 0 Å². The zero-order valence-electron chi connectivity index (χ0n) is 9.67. The summed E-state index contributed by atoms with van der Waals surface area (Å²) in [5.74, 6) is 0.239. The number of benzene rings is 1. The van der Waals surface area contributed by atoms with Gasteiger partial charge in [0.25, 0.3) is 0 Å². The first-order valence-corrected chi connectivity index (χ1v) is 5.56. The highest BCUT2D eigenvalue weighted by molar-refractivity contribution is 5.79. The lowest BCUT2D eigenvalue weighted by Crippen LogP contribution is -2.28. The van der Waals surface area contributed by atoms with Gasteiger partial charge < -0.3 is 9.73 Å². The van der Waals surface area contributed by atoms with Crippen LogP contribution in [0.3, 0.4) is 0 Å². The second-order valence-electron chi connectivity index (χ2n) is 3.81. The largest absolute Gasteiger partial charge is 0.466 e. The average molecular weight is 240 g/mol. The highest BCUT2D eigenvalue weighted by Gasteiger charge is 2.16. The molecule has 1 unspecified atom stereocenters. The predicted molar refractivity (Wildman–Crippen MR) is 65.4 cm³/mol. The zero-order valence-corrected chi connectivity index (χ0v) is 9.67. The SMILES string of the molecule is N#CC(NC(=O)Cc1ccccc1)c1ccco1. The molecule has 90 valence electrons. The summed E-state index contributed by atoms with van der Waals surface area (Å²) in [7, 11) is 0. The van der Waals surface area contributed by atoms with Crippen LogP contribution in [0.25, 0.3) is 0 Å². The molecule has 1 aromatic heterocycles. The molecule has 1 amide bonds. The number of nitrogens with one attached hydrogen (secondary N) is 1. The minimum Gasteiger partial charge on any atom is -0.466 e. The molecule has 1 heterocycles. The number of nitrogens with zero attached hydrogens (tertiary/aromatic N) is 1. The third-order valence-electron chi connectivity index (χ3n) is 2.47. The van der Waals surface area contributed by atoms with E-state index in [4.69, 9.17) is 9.68 Å². The Bertz CT molecular complexity index is 541. The normalized spacial score (nSPS) is 11.5. The van der Waals surface area contributed by atoms with Gasteiger partial charge in [0.2, 0.25) is 5.91 Å². The average Bonchev–Trinajstić information content (AvgIpc) is 2.91. The van der Waals surface area contributed by atoms with Gasteiger partial charge in [-0.3, -0.25) is 4.79 Å². The van der Waals surface area contributed by atoms with Crippen molar-refractivity contribution in [3.05, 3.63) is 60.1 Å². The van der Waals surface area contributed by atoms with E-state index in [2.05, 4.69) is 5.32 Å². The summed E-state index contributed by atoms with van der Waals surface area (Å²) in [6.07, 6.45) is 1.72. The number of amides is 1. The minimum atomic E-state index is -0.740. The fourth-order valence-corrected chi connectivity index (χ4v) is 1.62. The smallest absolute Gasteiger partial charge is 0.225 e. The molecular formula is C14H12N2O2. The molecule has 0 aliphatic heterocycles. The Kier molecular flexibility index (Phi) is 3.77. The molecule has 2 rings (SSSR count). The molecule has 1 N–H and O–H groups in total. The van der Waals surface area contributed by atoms with Gasteiger partial charge >= 0.3 is 0 Å². The first kappa shape index (κ1) is 11.9. The molecule has 0 bridgehead atoms. The van der Waals surface area contributed by atoms with Crippen LogP contribution in [0, 0.1) is 11.3 Å². The van der Waals surface area contributed by atoms with Crippen LogP contribution in [-0.2, 0) is 11.2 Å². The highest BCUT2D eigenvalue weighted by atomic mass is 16.3. The summed E-state index contributed by atoms with van der Waals surface area (Å²) in [5.41, 5.74) is 0.908. The lowest BCUT2D eigenvalue weighted by molar-refractivity contribution is -0.120. The summed E-state index contributed by atoms with van der Waals surface area (Å²) in [6, 6.07) is 14.0. The Balaban J connectivity index is 1.97. The van der Waals surface area contributed by atoms with E-state index < -0.39 is 6.04 Å². The Morgan fingerprint density at radius 2 is 2.06 bits per heavy atom. The highest BCUT2D eigenvalue weighted by Crippen LogP contribution is 2.12. The summed E-state index contributed by atoms with van der Waals surface area (Å²) >= 11 is 0. The number of hydrogen-bond acceptors (Lipinski definition) is 3. The Morgan fingerprint density at radius 1 is 1.28 bits per heavy atom. The van der Waals surface area contributed by atoms with E-state index in [0.29, 0.717) is 5.76 Å². The van der Waals surface area contributed by atoms with Crippen LogP contribution in [-0.4, -0.2) is 5.91 Å². The Morgan fingerprint density at radius 3 is 2.67 bits per heavy atom. The first-order chi connectivity index (χ1) is 8.79. The van der Waals surface area contributed by atoms with Crippen molar-refractivity contribution in [3.8, 4) is 6.07 Å². The maximum absolute atomic E-state index is 11.8. The molecule has 18 heavy (non-hydrogen) atoms. The lowest BCUT2D eigenvalue weighted by Gasteiger charge is -2.09. The van der Waals surface area contributed by atoms with E-state index in [9.17, 15) is 4.79 Å². The molecule has 4 nitrogen and oxygen atoms in total. The van der Waals surface area contributed by atoms with Gasteiger partial charge in [-0.25, -0.2) is 0 Å². The second-order valence-corrected chi connectivity index (χ2v) is 3.81. The number of carbonyl (C=O) groups excluding carboxylic acids is 1. The Hall–Kier alpha value is -2.54. The third kappa shape index (κ3) is 2.98. The van der Waals surface area contributed by atoms with Crippen LogP contribution < -0.4 is 5.32 Å². The van der Waals surface area contributed by atoms with Crippen LogP contribution in [0.15, 0.2) is 53.1 Å². The van der Waals surface area contributed by atoms with Gasteiger partial charge in [0, 0.05) is 0 Å². The number of furan rings is 1. The molecule has 0 saturated carbocycles. The standard InChI is InChI=1S/C14H12N2O2/c15-10-12(13-7-4-8-18-13)16-14(17)9-11-5-2-1-3-6-11/h1-8,12H,9H2,(H,16,17). The molecule has 0 spiro atoms. The molecule has 0 aliphatic rings. The van der Waals surface area contributed by atoms with Crippen molar-refractivity contribution in [2.75, 3.05) is 0 Å². The molecule has 0 radical (unpaired) electrons. The topological polar surface area (TPSA) is 66.0 Å². The van der Waals surface area contributed by atoms with Gasteiger partial charge in [0.15, 0.2) is 6.04 Å². The number of nitriles is 1. The summed E-state index contributed by atoms with van der Waals surface area (Å²) in [4.78, 5) is 11.8. The predicted octanol–water partition coefficient (Wildman–Crippen LogP) is 2.20. The Labute approximate surface area is 105 Å². The summed E-state index contributed by atoms with van der Waals surface area (Å²) in [5, 5.41) is 11.6. The van der Waals surface area contributed by atoms with Crippen LogP contribution >= 0.6 is 0 Å². The molecule has 2 aromatic rings. The van der Waals surface area contributed by atoms with E-state index in [-0.39, 0.29) is 12.3 Å². The summed E-state index contributed by atoms with van der Waals surface area (Å²) < 4.78 is 5.10. The first-order valence-electron chi connectivity index (χ1n) is 5.56. The third-order valence-corrected chi connectivity index (χ3v) is 2.47. The molecule has 1 aromatic carbocycles. The van der Waals surface area contributed by atoms with Crippen LogP contribution in [0.4, 0.5) is 0 Å². The number of carbonyl (C=O) groups is 1. The van der Waals surface area contributed by atoms with Crippen molar-refractivity contribution in [2.45, 2.75) is 12.5 Å². The molecule has 1 atom stereocenters. The number of rotatable bonds is 4. The molecule has 0 fully saturated rings. The van der Waals surface area contributed by atoms with Gasteiger partial charge in [0.1, 0.15) is 5.76 Å². The van der Waals surface area contributed by atoms with Crippen molar-refractivity contribution in [1.82, 2.24) is 5.32 Å².